The summed E-state index contributed by atoms with van der Waals surface area (Å²) in [6, 6.07) is 3.93. The molecule has 184 valence electrons. The van der Waals surface area contributed by atoms with Crippen LogP contribution in [-0.4, -0.2) is 47.0 Å². The minimum Gasteiger partial charge on any atom is -0.494 e. The van der Waals surface area contributed by atoms with E-state index in [4.69, 9.17) is 4.74 Å². The van der Waals surface area contributed by atoms with Crippen molar-refractivity contribution >= 4 is 0 Å². The van der Waals surface area contributed by atoms with Crippen LogP contribution in [0.3, 0.4) is 0 Å². The summed E-state index contributed by atoms with van der Waals surface area (Å²) >= 11 is 0. The summed E-state index contributed by atoms with van der Waals surface area (Å²) in [6.45, 7) is 2.52. The Morgan fingerprint density at radius 2 is 1.16 bits per heavy atom. The fourth-order valence-corrected chi connectivity index (χ4v) is 3.33. The van der Waals surface area contributed by atoms with E-state index in [1.165, 1.54) is 0 Å². The molecule has 0 radical (unpaired) electrons. The maximum Gasteiger partial charge on any atom is 0.384 e. The summed E-state index contributed by atoms with van der Waals surface area (Å²) in [5.74, 6) is -35.5. The van der Waals surface area contributed by atoms with E-state index in [0.29, 0.717) is 13.3 Å². The number of aliphatic hydroxyl groups is 1. The monoisotopic (exact) mass is 488 g/mol. The lowest BCUT2D eigenvalue weighted by molar-refractivity contribution is -0.488. The number of benzene rings is 1. The molecule has 2 nitrogen and oxygen atoms in total. The van der Waals surface area contributed by atoms with Gasteiger partial charge < -0.3 is 9.84 Å². The Kier molecular flexibility index (Phi) is 6.31. The molecule has 1 aromatic rings. The Balaban J connectivity index is 2.50. The number of halogens is 11. The van der Waals surface area contributed by atoms with Crippen molar-refractivity contribution in [2.24, 2.45) is 0 Å². The molecule has 1 fully saturated rings. The lowest BCUT2D eigenvalue weighted by Crippen LogP contribution is -2.84. The van der Waals surface area contributed by atoms with Gasteiger partial charge in [0.05, 0.1) is 12.2 Å². The summed E-state index contributed by atoms with van der Waals surface area (Å²) in [7, 11) is 0. The summed E-state index contributed by atoms with van der Waals surface area (Å²) in [6.07, 6.45) is -1.35. The molecule has 0 aromatic heterocycles. The molecule has 0 heterocycles. The first kappa shape index (κ1) is 26.5. The van der Waals surface area contributed by atoms with Gasteiger partial charge in [-0.15, -0.1) is 0 Å². The van der Waals surface area contributed by atoms with Crippen molar-refractivity contribution in [1.82, 2.24) is 0 Å². The van der Waals surface area contributed by atoms with Gasteiger partial charge in [0.25, 0.3) is 5.67 Å². The molecule has 32 heavy (non-hydrogen) atoms. The van der Waals surface area contributed by atoms with Gasteiger partial charge >= 0.3 is 29.6 Å². The number of ether oxygens (including phenoxy) is 1. The Bertz CT molecular complexity index is 789. The molecule has 0 bridgehead atoms. The highest BCUT2D eigenvalue weighted by Crippen LogP contribution is 2.71. The quantitative estimate of drug-likeness (QED) is 0.358. The second-order valence-corrected chi connectivity index (χ2v) is 7.85. The van der Waals surface area contributed by atoms with Gasteiger partial charge in [0.15, 0.2) is 0 Å². The first-order valence-corrected chi connectivity index (χ1v) is 9.28. The van der Waals surface area contributed by atoms with E-state index in [0.717, 1.165) is 30.7 Å². The second kappa shape index (κ2) is 7.63. The third-order valence-electron chi connectivity index (χ3n) is 5.40. The van der Waals surface area contributed by atoms with Crippen LogP contribution in [0.2, 0.25) is 0 Å². The Hall–Kier alpha value is -1.79. The number of alkyl halides is 11. The van der Waals surface area contributed by atoms with E-state index in [9.17, 15) is 53.4 Å². The van der Waals surface area contributed by atoms with Crippen molar-refractivity contribution in [3.8, 4) is 5.75 Å². The lowest BCUT2D eigenvalue weighted by Gasteiger charge is -2.53. The highest BCUT2D eigenvalue weighted by molar-refractivity contribution is 5.33. The molecule has 0 amide bonds. The molecule has 0 aliphatic heterocycles. The van der Waals surface area contributed by atoms with Crippen LogP contribution in [0, 0.1) is 0 Å². The molecule has 1 aliphatic rings. The highest BCUT2D eigenvalue weighted by atomic mass is 19.4. The molecule has 0 saturated heterocycles. The maximum atomic E-state index is 15.0. The fraction of sp³-hybridized carbons (Fsp3) is 0.684. The van der Waals surface area contributed by atoms with Gasteiger partial charge in [-0.3, -0.25) is 0 Å². The zero-order valence-electron chi connectivity index (χ0n) is 16.7. The Labute approximate surface area is 175 Å². The first-order chi connectivity index (χ1) is 14.2. The van der Waals surface area contributed by atoms with E-state index < -0.39 is 52.9 Å². The summed E-state index contributed by atoms with van der Waals surface area (Å²) in [5, 5.41) is 10.3. The van der Waals surface area contributed by atoms with Crippen LogP contribution in [0.1, 0.15) is 38.7 Å². The minimum atomic E-state index is -7.29. The molecule has 1 aliphatic carbocycles. The molecule has 1 saturated carbocycles. The highest BCUT2D eigenvalue weighted by Gasteiger charge is 3.01. The topological polar surface area (TPSA) is 29.5 Å². The van der Waals surface area contributed by atoms with Crippen LogP contribution < -0.4 is 4.74 Å². The van der Waals surface area contributed by atoms with Crippen LogP contribution in [0.15, 0.2) is 24.3 Å². The number of unbranched alkanes of at least 4 members (excludes halogenated alkanes) is 1. The summed E-state index contributed by atoms with van der Waals surface area (Å²) in [5.41, 5.74) is -10.1. The Morgan fingerprint density at radius 1 is 0.750 bits per heavy atom. The molecular weight excluding hydrogens is 469 g/mol. The standard InChI is InChI=1S/C19H19F11O2/c1-3-4-9-32-12-7-5-11(6-8-12)13(2,31)10-14(20)15(21,22)17(25,26)19(29,30)18(27,28)16(14,23)24/h5-8,31H,3-4,9-10H2,1-2H3. The number of hydrogen-bond acceptors (Lipinski definition) is 2. The molecule has 1 aromatic carbocycles. The molecule has 1 unspecified atom stereocenters. The number of rotatable bonds is 7. The molecule has 1 atom stereocenters. The van der Waals surface area contributed by atoms with E-state index in [1.54, 1.807) is 0 Å². The third kappa shape index (κ3) is 3.33. The van der Waals surface area contributed by atoms with E-state index in [1.807, 2.05) is 6.92 Å². The van der Waals surface area contributed by atoms with Crippen LogP contribution in [0.4, 0.5) is 48.3 Å². The van der Waals surface area contributed by atoms with Crippen molar-refractivity contribution in [1.29, 1.82) is 0 Å². The van der Waals surface area contributed by atoms with Gasteiger partial charge in [-0.2, -0.15) is 43.9 Å². The van der Waals surface area contributed by atoms with Crippen LogP contribution in [0.25, 0.3) is 0 Å². The van der Waals surface area contributed by atoms with Crippen molar-refractivity contribution in [2.75, 3.05) is 6.61 Å². The van der Waals surface area contributed by atoms with Gasteiger partial charge in [-0.25, -0.2) is 4.39 Å². The van der Waals surface area contributed by atoms with Gasteiger partial charge in [0, 0.05) is 6.42 Å². The summed E-state index contributed by atoms with van der Waals surface area (Å²) in [4.78, 5) is 0. The molecule has 2 rings (SSSR count). The zero-order chi connectivity index (χ0) is 25.0. The summed E-state index contributed by atoms with van der Waals surface area (Å²) < 4.78 is 158. The van der Waals surface area contributed by atoms with E-state index >= 15 is 0 Å². The van der Waals surface area contributed by atoms with Crippen LogP contribution in [0.5, 0.6) is 5.75 Å². The van der Waals surface area contributed by atoms with Crippen LogP contribution >= 0.6 is 0 Å². The second-order valence-electron chi connectivity index (χ2n) is 7.85. The molecule has 1 N–H and O–H groups in total. The average molecular weight is 488 g/mol. The van der Waals surface area contributed by atoms with Crippen molar-refractivity contribution < 1.29 is 58.1 Å². The van der Waals surface area contributed by atoms with Gasteiger partial charge in [0.2, 0.25) is 0 Å². The van der Waals surface area contributed by atoms with Gasteiger partial charge in [-0.1, -0.05) is 25.5 Å². The molecule has 0 spiro atoms. The predicted molar refractivity (Wildman–Crippen MR) is 89.6 cm³/mol. The van der Waals surface area contributed by atoms with Crippen molar-refractivity contribution in [3.05, 3.63) is 29.8 Å². The maximum absolute atomic E-state index is 15.0. The third-order valence-corrected chi connectivity index (χ3v) is 5.40. The molecule has 13 heteroatoms. The SMILES string of the molecule is CCCCOc1ccc(C(C)(O)CC2(F)C(F)(F)C(F)(F)C(F)(F)C(F)(F)C2(F)F)cc1. The van der Waals surface area contributed by atoms with E-state index in [-0.39, 0.29) is 12.4 Å². The van der Waals surface area contributed by atoms with Gasteiger partial charge in [-0.05, 0) is 31.0 Å². The average Bonchev–Trinajstić information content (AvgIpc) is 2.66. The normalized spacial score (nSPS) is 26.2. The Morgan fingerprint density at radius 3 is 1.56 bits per heavy atom. The zero-order valence-corrected chi connectivity index (χ0v) is 16.7. The van der Waals surface area contributed by atoms with Crippen LogP contribution in [-0.2, 0) is 5.60 Å². The largest absolute Gasteiger partial charge is 0.494 e. The minimum absolute atomic E-state index is 0.152. The van der Waals surface area contributed by atoms with E-state index in [2.05, 4.69) is 0 Å². The smallest absolute Gasteiger partial charge is 0.384 e. The number of hydrogen-bond donors (Lipinski definition) is 1. The fourth-order valence-electron chi connectivity index (χ4n) is 3.33. The predicted octanol–water partition coefficient (Wildman–Crippen LogP) is 6.36. The molecular formula is C19H19F11O2. The van der Waals surface area contributed by atoms with Gasteiger partial charge in [0.1, 0.15) is 5.75 Å². The van der Waals surface area contributed by atoms with Crippen molar-refractivity contribution in [3.63, 3.8) is 0 Å². The van der Waals surface area contributed by atoms with Crippen molar-refractivity contribution in [2.45, 2.75) is 74.0 Å². The first-order valence-electron chi connectivity index (χ1n) is 9.28. The lowest BCUT2D eigenvalue weighted by atomic mass is 9.67.